The Morgan fingerprint density at radius 2 is 2.13 bits per heavy atom. The van der Waals surface area contributed by atoms with Gasteiger partial charge in [-0.05, 0) is 50.8 Å². The zero-order valence-electron chi connectivity index (χ0n) is 7.86. The van der Waals surface area contributed by atoms with E-state index in [4.69, 9.17) is 0 Å². The van der Waals surface area contributed by atoms with E-state index in [2.05, 4.69) is 53.1 Å². The molecule has 1 N–H and O–H groups in total. The molecule has 1 heterocycles. The average Bonchev–Trinajstić information content (AvgIpc) is 2.52. The zero-order valence-corrected chi connectivity index (χ0v) is 13.4. The molecular formula is C9H10Br3NOS. The first kappa shape index (κ1) is 13.7. The molecule has 1 aromatic rings. The normalized spacial score (nSPS) is 10.3. The minimum atomic E-state index is -0.0154. The summed E-state index contributed by atoms with van der Waals surface area (Å²) < 4.78 is 1.83. The van der Waals surface area contributed by atoms with Crippen molar-refractivity contribution in [2.45, 2.75) is 12.8 Å². The summed E-state index contributed by atoms with van der Waals surface area (Å²) in [5.41, 5.74) is 0.700. The van der Waals surface area contributed by atoms with Crippen molar-refractivity contribution in [1.29, 1.82) is 0 Å². The topological polar surface area (TPSA) is 29.1 Å². The number of amides is 1. The number of hydrogen-bond acceptors (Lipinski definition) is 2. The van der Waals surface area contributed by atoms with Gasteiger partial charge in [0.05, 0.1) is 13.1 Å². The van der Waals surface area contributed by atoms with E-state index in [1.807, 2.05) is 6.07 Å². The van der Waals surface area contributed by atoms with Crippen LogP contribution in [0.2, 0.25) is 0 Å². The maximum absolute atomic E-state index is 11.7. The summed E-state index contributed by atoms with van der Waals surface area (Å²) in [5, 5.41) is 3.87. The van der Waals surface area contributed by atoms with Gasteiger partial charge in [-0.2, -0.15) is 0 Å². The van der Waals surface area contributed by atoms with Crippen LogP contribution >= 0.6 is 59.1 Å². The van der Waals surface area contributed by atoms with Gasteiger partial charge in [0, 0.05) is 11.9 Å². The van der Waals surface area contributed by atoms with Crippen LogP contribution < -0.4 is 5.32 Å². The van der Waals surface area contributed by atoms with Crippen molar-refractivity contribution in [3.63, 3.8) is 0 Å². The molecule has 1 rings (SSSR count). The second-order valence-electron chi connectivity index (χ2n) is 2.89. The highest BCUT2D eigenvalue weighted by atomic mass is 79.9. The van der Waals surface area contributed by atoms with Crippen LogP contribution in [-0.4, -0.2) is 17.8 Å². The molecule has 0 aromatic carbocycles. The van der Waals surface area contributed by atoms with E-state index >= 15 is 0 Å². The molecule has 0 spiro atoms. The number of hydrogen-bond donors (Lipinski definition) is 1. The monoisotopic (exact) mass is 417 g/mol. The van der Waals surface area contributed by atoms with E-state index in [0.717, 1.165) is 32.3 Å². The predicted molar refractivity (Wildman–Crippen MR) is 75.1 cm³/mol. The minimum absolute atomic E-state index is 0.0154. The van der Waals surface area contributed by atoms with Gasteiger partial charge in [-0.25, -0.2) is 0 Å². The summed E-state index contributed by atoms with van der Waals surface area (Å²) in [5.74, 6) is -0.0154. The molecule has 0 aliphatic rings. The van der Waals surface area contributed by atoms with Crippen LogP contribution in [0.15, 0.2) is 13.6 Å². The number of thiophene rings is 1. The summed E-state index contributed by atoms with van der Waals surface area (Å²) in [6.45, 7) is 0.727. The van der Waals surface area contributed by atoms with Gasteiger partial charge in [0.1, 0.15) is 0 Å². The molecule has 1 aromatic heterocycles. The number of rotatable bonds is 5. The average molecular weight is 420 g/mol. The fraction of sp³-hybridized carbons (Fsp3) is 0.444. The molecule has 15 heavy (non-hydrogen) atoms. The Morgan fingerprint density at radius 3 is 2.67 bits per heavy atom. The van der Waals surface area contributed by atoms with Crippen LogP contribution in [0.5, 0.6) is 0 Å². The van der Waals surface area contributed by atoms with Crippen molar-refractivity contribution in [2.24, 2.45) is 0 Å². The van der Waals surface area contributed by atoms with Gasteiger partial charge in [-0.3, -0.25) is 4.79 Å². The summed E-state index contributed by atoms with van der Waals surface area (Å²) in [7, 11) is 0. The molecule has 0 bridgehead atoms. The third kappa shape index (κ3) is 4.54. The van der Waals surface area contributed by atoms with Crippen LogP contribution in [0.1, 0.15) is 23.2 Å². The number of unbranched alkanes of at least 4 members (excludes halogenated alkanes) is 1. The minimum Gasteiger partial charge on any atom is -0.352 e. The van der Waals surface area contributed by atoms with Gasteiger partial charge < -0.3 is 5.32 Å². The highest BCUT2D eigenvalue weighted by Crippen LogP contribution is 2.31. The van der Waals surface area contributed by atoms with Gasteiger partial charge in [0.15, 0.2) is 0 Å². The molecule has 0 unspecified atom stereocenters. The van der Waals surface area contributed by atoms with Gasteiger partial charge in [-0.15, -0.1) is 11.3 Å². The molecule has 6 heteroatoms. The predicted octanol–water partition coefficient (Wildman–Crippen LogP) is 4.18. The van der Waals surface area contributed by atoms with E-state index in [9.17, 15) is 4.79 Å². The lowest BCUT2D eigenvalue weighted by Crippen LogP contribution is -2.24. The number of halogens is 3. The molecule has 0 aliphatic heterocycles. The summed E-state index contributed by atoms with van der Waals surface area (Å²) in [6.07, 6.45) is 2.08. The third-order valence-electron chi connectivity index (χ3n) is 1.75. The Bertz CT molecular complexity index is 340. The van der Waals surface area contributed by atoms with Crippen molar-refractivity contribution >= 4 is 65.0 Å². The quantitative estimate of drug-likeness (QED) is 0.563. The molecule has 0 radical (unpaired) electrons. The zero-order chi connectivity index (χ0) is 11.3. The standard InChI is InChI=1S/C9H10Br3NOS/c10-3-1-2-4-13-9(14)6-5-7(11)15-8(6)12/h5H,1-4H2,(H,13,14). The van der Waals surface area contributed by atoms with Crippen LogP contribution in [0.3, 0.4) is 0 Å². The lowest BCUT2D eigenvalue weighted by atomic mass is 10.3. The third-order valence-corrected chi connectivity index (χ3v) is 4.65. The van der Waals surface area contributed by atoms with Gasteiger partial charge in [-0.1, -0.05) is 15.9 Å². The van der Waals surface area contributed by atoms with Crippen LogP contribution in [0.25, 0.3) is 0 Å². The molecule has 0 fully saturated rings. The molecule has 1 amide bonds. The first-order valence-electron chi connectivity index (χ1n) is 4.44. The fourth-order valence-electron chi connectivity index (χ4n) is 1.01. The molecule has 0 saturated heterocycles. The number of nitrogens with one attached hydrogen (secondary N) is 1. The second kappa shape index (κ2) is 7.04. The highest BCUT2D eigenvalue weighted by molar-refractivity contribution is 9.12. The van der Waals surface area contributed by atoms with Crippen molar-refractivity contribution in [3.05, 3.63) is 19.2 Å². The molecule has 0 saturated carbocycles. The first-order chi connectivity index (χ1) is 7.15. The second-order valence-corrected chi connectivity index (χ2v) is 7.43. The Morgan fingerprint density at radius 1 is 1.40 bits per heavy atom. The Kier molecular flexibility index (Phi) is 6.42. The van der Waals surface area contributed by atoms with Crippen molar-refractivity contribution in [2.75, 3.05) is 11.9 Å². The first-order valence-corrected chi connectivity index (χ1v) is 7.96. The molecule has 0 atom stereocenters. The largest absolute Gasteiger partial charge is 0.352 e. The molecule has 84 valence electrons. The molecular weight excluding hydrogens is 410 g/mol. The van der Waals surface area contributed by atoms with Gasteiger partial charge in [0.25, 0.3) is 5.91 Å². The lowest BCUT2D eigenvalue weighted by Gasteiger charge is -2.02. The Hall–Kier alpha value is 0.610. The van der Waals surface area contributed by atoms with Crippen LogP contribution in [0, 0.1) is 0 Å². The number of carbonyl (C=O) groups excluding carboxylic acids is 1. The fourth-order valence-corrected chi connectivity index (χ4v) is 4.20. The van der Waals surface area contributed by atoms with Crippen molar-refractivity contribution in [3.8, 4) is 0 Å². The van der Waals surface area contributed by atoms with Gasteiger partial charge in [0.2, 0.25) is 0 Å². The van der Waals surface area contributed by atoms with Crippen LogP contribution in [-0.2, 0) is 0 Å². The van der Waals surface area contributed by atoms with E-state index in [0.29, 0.717) is 5.56 Å². The molecule has 0 aliphatic carbocycles. The van der Waals surface area contributed by atoms with Crippen molar-refractivity contribution in [1.82, 2.24) is 5.32 Å². The highest BCUT2D eigenvalue weighted by Gasteiger charge is 2.12. The van der Waals surface area contributed by atoms with E-state index in [-0.39, 0.29) is 5.91 Å². The van der Waals surface area contributed by atoms with E-state index in [1.54, 1.807) is 0 Å². The lowest BCUT2D eigenvalue weighted by molar-refractivity contribution is 0.0953. The summed E-state index contributed by atoms with van der Waals surface area (Å²) in [4.78, 5) is 11.7. The molecule has 2 nitrogen and oxygen atoms in total. The number of alkyl halides is 1. The summed E-state index contributed by atoms with van der Waals surface area (Å²) in [6, 6.07) is 1.83. The van der Waals surface area contributed by atoms with E-state index in [1.165, 1.54) is 11.3 Å². The van der Waals surface area contributed by atoms with Gasteiger partial charge >= 0.3 is 0 Å². The van der Waals surface area contributed by atoms with Crippen LogP contribution in [0.4, 0.5) is 0 Å². The maximum Gasteiger partial charge on any atom is 0.253 e. The smallest absolute Gasteiger partial charge is 0.253 e. The number of carbonyl (C=O) groups is 1. The SMILES string of the molecule is O=C(NCCCCBr)c1cc(Br)sc1Br. The van der Waals surface area contributed by atoms with Crippen molar-refractivity contribution < 1.29 is 4.79 Å². The Labute approximate surface area is 118 Å². The van der Waals surface area contributed by atoms with E-state index < -0.39 is 0 Å². The Balaban J connectivity index is 2.43. The summed E-state index contributed by atoms with van der Waals surface area (Å²) >= 11 is 11.6. The maximum atomic E-state index is 11.7.